The maximum Gasteiger partial charge on any atom is 0.246 e. The average Bonchev–Trinajstić information content (AvgIpc) is 1.62. The fourth-order valence-electron chi connectivity index (χ4n) is 16.8. The number of primary amides is 2. The van der Waals surface area contributed by atoms with Crippen LogP contribution < -0.4 is 59.7 Å². The Balaban J connectivity index is 1.19. The number of imidazole rings is 1. The minimum absolute atomic E-state index is 0.00976. The maximum atomic E-state index is 16.0. The van der Waals surface area contributed by atoms with Gasteiger partial charge in [-0.15, -0.1) is 11.8 Å². The molecule has 0 aliphatic carbocycles. The Kier molecular flexibility index (Phi) is 41.1. The highest BCUT2D eigenvalue weighted by molar-refractivity contribution is 8.00. The highest BCUT2D eigenvalue weighted by atomic mass is 35.5. The van der Waals surface area contributed by atoms with E-state index < -0.39 is 241 Å². The number of aliphatic hydroxyl groups is 1. The number of nitrogens with two attached hydrogens (primary N) is 3. The first-order valence-corrected chi connectivity index (χ1v) is 47.0. The lowest BCUT2D eigenvalue weighted by Crippen LogP contribution is -2.60. The normalized spacial score (nSPS) is 23.7. The number of hydrogen-bond acceptors (Lipinski definition) is 21. The second-order valence-corrected chi connectivity index (χ2v) is 36.6. The van der Waals surface area contributed by atoms with Crippen molar-refractivity contribution in [3.8, 4) is 0 Å². The second kappa shape index (κ2) is 51.6. The molecule has 0 saturated carbocycles. The Morgan fingerprint density at radius 1 is 0.612 bits per heavy atom. The van der Waals surface area contributed by atoms with Gasteiger partial charge in [0.1, 0.15) is 60.4 Å². The molecular formula is C93H130ClN21O18S. The lowest BCUT2D eigenvalue weighted by atomic mass is 9.81. The number of carbonyl (C=O) groups excluding carboxylic acids is 17. The number of guanidine groups is 1. The van der Waals surface area contributed by atoms with Crippen LogP contribution in [0.2, 0.25) is 5.02 Å². The number of carbonyl (C=O) groups is 17. The molecule has 2 aliphatic heterocycles. The Morgan fingerprint density at radius 2 is 1.25 bits per heavy atom. The van der Waals surface area contributed by atoms with Gasteiger partial charge in [-0.25, -0.2) is 4.98 Å². The number of amides is 14. The van der Waals surface area contributed by atoms with Crippen molar-refractivity contribution in [2.75, 3.05) is 65.9 Å². The molecule has 14 atom stereocenters. The van der Waals surface area contributed by atoms with Gasteiger partial charge in [0, 0.05) is 143 Å². The molecule has 0 bridgehead atoms. The largest absolute Gasteiger partial charge is 0.394 e. The monoisotopic (exact) mass is 1900 g/mol. The topological polar surface area (TPSA) is 585 Å². The predicted molar refractivity (Wildman–Crippen MR) is 503 cm³/mol. The molecule has 2 aliphatic rings. The van der Waals surface area contributed by atoms with E-state index in [0.717, 1.165) is 26.5 Å². The molecule has 14 amide bonds. The van der Waals surface area contributed by atoms with Crippen molar-refractivity contribution in [1.82, 2.24) is 87.0 Å². The summed E-state index contributed by atoms with van der Waals surface area (Å²) in [6, 6.07) is 4.55. The molecule has 728 valence electrons. The number of nitrogens with zero attached hydrogens (tertiary/aromatic N) is 6. The molecule has 2 saturated heterocycles. The van der Waals surface area contributed by atoms with Crippen molar-refractivity contribution in [2.24, 2.45) is 35.0 Å². The number of Topliss-reactive ketones (excluding diaryl/α,β-unsaturated/α-hetero) is 3. The fourth-order valence-corrected chi connectivity index (χ4v) is 17.9. The zero-order chi connectivity index (χ0) is 98.3. The minimum atomic E-state index is -1.74. The third-order valence-electron chi connectivity index (χ3n) is 24.5. The van der Waals surface area contributed by atoms with E-state index in [1.807, 2.05) is 26.0 Å². The number of halogens is 1. The van der Waals surface area contributed by atoms with E-state index in [-0.39, 0.29) is 89.0 Å². The second-order valence-electron chi connectivity index (χ2n) is 35.1. The summed E-state index contributed by atoms with van der Waals surface area (Å²) in [7, 11) is 5.38. The highest BCUT2D eigenvalue weighted by Gasteiger charge is 2.45. The summed E-state index contributed by atoms with van der Waals surface area (Å²) in [5.74, 6) is -19.2. The van der Waals surface area contributed by atoms with Crippen molar-refractivity contribution in [3.05, 3.63) is 125 Å². The molecule has 6 aromatic rings. The van der Waals surface area contributed by atoms with Gasteiger partial charge in [0.2, 0.25) is 82.7 Å². The first-order valence-electron chi connectivity index (χ1n) is 45.4. The zero-order valence-corrected chi connectivity index (χ0v) is 79.2. The number of ketones is 3. The summed E-state index contributed by atoms with van der Waals surface area (Å²) in [5, 5.41) is 42.4. The van der Waals surface area contributed by atoms with Crippen molar-refractivity contribution in [1.29, 1.82) is 5.41 Å². The number of thioether (sulfide) groups is 1. The smallest absolute Gasteiger partial charge is 0.246 e. The number of aliphatic hydroxyl groups excluding tert-OH is 1. The number of fused-ring (bicyclic) bond motifs is 3. The minimum Gasteiger partial charge on any atom is -0.394 e. The molecule has 3 aromatic heterocycles. The standard InChI is InChI=1S/C93H130ClN21O18S/c1-11-13-27-74-86(127)105-67(26-20-34-100-93(97)98)84(125)110-73(77(118)32-33-79(95)120)49-134-50-81(122)104-70(37-55-22-16-15-17-23-55)90(131)112(8)54(6)82(123)107-71(43-80(96)121)91(132)115-35-21-29-75(115)87(128)106-68(41-59-45-99-51-103-59)85(126)108-69(36-52(3)4)89(130)111(7)47-60(117)39-56(38-57-44-101-66-31-30-58(94)40-63(57)66)83(124)109-72(48-116)78(119)42-62(53(5)64-46-102-65-25-19-18-24-61(64)65)88(129)114(10)76(28-14-12-2)92(133)113(74)9/h15-19,22-25,30-31,40,44-46,51-54,56,62,67-76,101-102,116H,11-14,20-21,26-29,32-39,41-43,47-50H2,1-10H3,(H2,95,120)(H2,96,121)(H,99,103)(H,104,122)(H,105,127)(H,106,128)(H,107,123)(H,108,126)(H,109,124)(H,110,125)(H4,97,98,100)/t53?,54-,56+,62-,67-,68-,69-,70-,71-,72-,73-,74-,75-,76-/m0/s1. The number of unbranched alkanes of at least 4 members (excludes halogenated alkanes) is 2. The number of hydrogen-bond donors (Lipinski definition) is 16. The number of H-pyrrole nitrogens is 3. The molecule has 134 heavy (non-hydrogen) atoms. The third kappa shape index (κ3) is 30.5. The van der Waals surface area contributed by atoms with Crippen molar-refractivity contribution < 1.29 is 86.6 Å². The van der Waals surface area contributed by atoms with Crippen LogP contribution in [0, 0.1) is 23.2 Å². The Labute approximate surface area is 787 Å². The lowest BCUT2D eigenvalue weighted by Gasteiger charge is -2.37. The number of rotatable bonds is 27. The Bertz CT molecular complexity index is 5150. The van der Waals surface area contributed by atoms with Gasteiger partial charge in [0.05, 0.1) is 43.6 Å². The van der Waals surface area contributed by atoms with Gasteiger partial charge in [-0.05, 0) is 111 Å². The van der Waals surface area contributed by atoms with E-state index in [0.29, 0.717) is 74.9 Å². The molecule has 0 radical (unpaired) electrons. The van der Waals surface area contributed by atoms with Crippen LogP contribution in [0.3, 0.4) is 0 Å². The van der Waals surface area contributed by atoms with E-state index in [9.17, 15) is 57.8 Å². The van der Waals surface area contributed by atoms with E-state index in [1.54, 1.807) is 93.8 Å². The third-order valence-corrected chi connectivity index (χ3v) is 25.8. The van der Waals surface area contributed by atoms with Crippen molar-refractivity contribution >= 4 is 151 Å². The molecule has 0 spiro atoms. The summed E-state index contributed by atoms with van der Waals surface area (Å²) >= 11 is 7.37. The summed E-state index contributed by atoms with van der Waals surface area (Å²) in [6.45, 7) is 8.61. The van der Waals surface area contributed by atoms with Crippen LogP contribution in [0.1, 0.15) is 173 Å². The summed E-state index contributed by atoms with van der Waals surface area (Å²) in [5.41, 5.74) is 20.2. The van der Waals surface area contributed by atoms with Crippen LogP contribution in [0.4, 0.5) is 0 Å². The SMILES string of the molecule is CCCC[C@H]1C(=O)N(C)[C@@H](CCCC)C(=O)N[C@@H](CCCNC(=N)N)C(=O)N[C@H](C(=O)CCC(N)=O)CSCC(=O)N[C@@H](Cc2ccccc2)C(=O)N(C)[C@@H](C)C(=O)N[C@@H](CC(N)=O)C(=O)N2CCC[C@H]2C(=O)N[C@@H](Cc2cnc[nH]2)C(=O)N[C@@H](CC(C)C)C(=O)N(C)CC(=O)C[C@@H](Cc2c[nH]c3ccc(Cl)cc23)C(=O)N[C@@H](CO)C(=O)C[C@@H](C(C)c2c[nH]c3ccccc23)C(=O)N1C. The predicted octanol–water partition coefficient (Wildman–Crippen LogP) is 2.49. The molecule has 2 fully saturated rings. The Hall–Kier alpha value is -12.6. The molecule has 5 heterocycles. The van der Waals surface area contributed by atoms with Crippen molar-refractivity contribution in [3.63, 3.8) is 0 Å². The van der Waals surface area contributed by atoms with Crippen LogP contribution in [-0.2, 0) is 101 Å². The number of aromatic amines is 3. The van der Waals surface area contributed by atoms with Crippen LogP contribution >= 0.6 is 23.4 Å². The number of aromatic nitrogens is 4. The van der Waals surface area contributed by atoms with Crippen LogP contribution in [-0.4, -0.2) is 288 Å². The van der Waals surface area contributed by atoms with Gasteiger partial charge in [0.25, 0.3) is 0 Å². The van der Waals surface area contributed by atoms with Crippen molar-refractivity contribution in [2.45, 2.75) is 236 Å². The average molecular weight is 1900 g/mol. The number of benzene rings is 3. The lowest BCUT2D eigenvalue weighted by molar-refractivity contribution is -0.150. The quantitative estimate of drug-likeness (QED) is 0.0200. The van der Waals surface area contributed by atoms with Crippen LogP contribution in [0.25, 0.3) is 21.8 Å². The number of likely N-dealkylation sites (N-methyl/N-ethyl adjacent to an activating group) is 4. The first kappa shape index (κ1) is 107. The molecule has 39 nitrogen and oxygen atoms in total. The van der Waals surface area contributed by atoms with Gasteiger partial charge >= 0.3 is 0 Å². The fraction of sp³-hybridized carbons (Fsp3) is 0.538. The number of nitrogens with one attached hydrogen (secondary N) is 12. The first-order chi connectivity index (χ1) is 63.7. The molecule has 8 rings (SSSR count). The van der Waals surface area contributed by atoms with E-state index in [1.165, 1.54) is 57.4 Å². The number of para-hydroxylation sites is 1. The van der Waals surface area contributed by atoms with Gasteiger partial charge in [-0.3, -0.25) is 86.9 Å². The van der Waals surface area contributed by atoms with Crippen LogP contribution in [0.15, 0.2) is 97.7 Å². The zero-order valence-electron chi connectivity index (χ0n) is 77.7. The van der Waals surface area contributed by atoms with Crippen LogP contribution in [0.5, 0.6) is 0 Å². The van der Waals surface area contributed by atoms with E-state index in [2.05, 4.69) is 62.5 Å². The summed E-state index contributed by atoms with van der Waals surface area (Å²) < 4.78 is 0. The molecule has 1 unspecified atom stereocenters. The summed E-state index contributed by atoms with van der Waals surface area (Å²) in [4.78, 5) is 269. The molecule has 19 N–H and O–H groups in total. The molecule has 3 aromatic carbocycles. The van der Waals surface area contributed by atoms with E-state index in [4.69, 9.17) is 34.2 Å². The van der Waals surface area contributed by atoms with E-state index >= 15 is 28.8 Å². The van der Waals surface area contributed by atoms with Gasteiger partial charge in [-0.2, -0.15) is 0 Å². The molecular weight excluding hydrogens is 1770 g/mol. The maximum absolute atomic E-state index is 16.0. The highest BCUT2D eigenvalue weighted by Crippen LogP contribution is 2.36. The summed E-state index contributed by atoms with van der Waals surface area (Å²) in [6.07, 6.45) is 4.43. The van der Waals surface area contributed by atoms with Gasteiger partial charge in [0.15, 0.2) is 23.3 Å². The Morgan fingerprint density at radius 3 is 1.92 bits per heavy atom. The van der Waals surface area contributed by atoms with Gasteiger partial charge < -0.3 is 104 Å². The van der Waals surface area contributed by atoms with Gasteiger partial charge in [-0.1, -0.05) is 120 Å². The molecule has 41 heteroatoms.